The van der Waals surface area contributed by atoms with Crippen LogP contribution in [0.3, 0.4) is 0 Å². The predicted octanol–water partition coefficient (Wildman–Crippen LogP) is 0.941. The summed E-state index contributed by atoms with van der Waals surface area (Å²) in [5.74, 6) is 0. The molecule has 0 spiro atoms. The van der Waals surface area contributed by atoms with Crippen LogP contribution in [0.1, 0.15) is 13.3 Å². The number of hydrogen-bond donors (Lipinski definition) is 1. The Morgan fingerprint density at radius 2 is 2.50 bits per heavy atom. The van der Waals surface area contributed by atoms with Gasteiger partial charge in [-0.1, -0.05) is 6.92 Å². The zero-order valence-corrected chi connectivity index (χ0v) is 5.89. The lowest BCUT2D eigenvalue weighted by Crippen LogP contribution is -2.01. The van der Waals surface area contributed by atoms with E-state index in [0.717, 1.165) is 12.1 Å². The highest BCUT2D eigenvalue weighted by atomic mass is 14.9. The fourth-order valence-corrected chi connectivity index (χ4v) is 0.931. The fourth-order valence-electron chi connectivity index (χ4n) is 0.931. The molecule has 1 aliphatic rings. The molecule has 0 aromatic rings. The predicted molar refractivity (Wildman–Crippen MR) is 40.4 cm³/mol. The van der Waals surface area contributed by atoms with Crippen LogP contribution in [0, 0.1) is 6.57 Å². The molecule has 0 aliphatic carbocycles. The minimum Gasteiger partial charge on any atom is -0.409 e. The van der Waals surface area contributed by atoms with E-state index in [1.54, 1.807) is 0 Å². The van der Waals surface area contributed by atoms with Crippen molar-refractivity contribution < 1.29 is 0 Å². The Morgan fingerprint density at radius 3 is 2.90 bits per heavy atom. The first-order chi connectivity index (χ1) is 4.79. The van der Waals surface area contributed by atoms with Gasteiger partial charge in [0.25, 0.3) is 0 Å². The van der Waals surface area contributed by atoms with Gasteiger partial charge in [0, 0.05) is 11.4 Å². The molecule has 1 heterocycles. The number of aliphatic imine (C=N–C) groups is 1. The normalized spacial score (nSPS) is 17.0. The zero-order chi connectivity index (χ0) is 7.56. The summed E-state index contributed by atoms with van der Waals surface area (Å²) in [7, 11) is 0. The highest BCUT2D eigenvalue weighted by molar-refractivity contribution is 6.03. The summed E-state index contributed by atoms with van der Waals surface area (Å²) in [4.78, 5) is 7.39. The van der Waals surface area contributed by atoms with Crippen molar-refractivity contribution in [1.29, 1.82) is 0 Å². The summed E-state index contributed by atoms with van der Waals surface area (Å²) in [6, 6.07) is 0. The van der Waals surface area contributed by atoms with Crippen molar-refractivity contribution in [2.75, 3.05) is 6.54 Å². The van der Waals surface area contributed by atoms with Crippen molar-refractivity contribution >= 4 is 5.71 Å². The van der Waals surface area contributed by atoms with Gasteiger partial charge >= 0.3 is 0 Å². The topological polar surface area (TPSA) is 42.7 Å². The molecule has 0 atom stereocenters. The molecule has 0 bridgehead atoms. The number of nitrogens with two attached hydrogens (primary N) is 1. The number of allylic oxidation sites excluding steroid dienone is 1. The lowest BCUT2D eigenvalue weighted by Gasteiger charge is -1.92. The van der Waals surface area contributed by atoms with Crippen LogP contribution in [0.15, 0.2) is 16.4 Å². The summed E-state index contributed by atoms with van der Waals surface area (Å²) in [6.07, 6.45) is 0.804. The van der Waals surface area contributed by atoms with Gasteiger partial charge in [0.15, 0.2) is 0 Å². The maximum atomic E-state index is 6.77. The second kappa shape index (κ2) is 2.53. The Bertz CT molecular complexity index is 242. The molecule has 0 saturated carbocycles. The third-order valence-corrected chi connectivity index (χ3v) is 1.46. The third kappa shape index (κ3) is 0.883. The van der Waals surface area contributed by atoms with Gasteiger partial charge in [0.2, 0.25) is 5.70 Å². The van der Waals surface area contributed by atoms with Gasteiger partial charge in [-0.15, -0.1) is 0 Å². The van der Waals surface area contributed by atoms with Gasteiger partial charge in [-0.25, -0.2) is 4.85 Å². The summed E-state index contributed by atoms with van der Waals surface area (Å²) in [5, 5.41) is 0. The van der Waals surface area contributed by atoms with Crippen LogP contribution in [0.5, 0.6) is 0 Å². The Kier molecular flexibility index (Phi) is 1.72. The largest absolute Gasteiger partial charge is 0.409 e. The van der Waals surface area contributed by atoms with Gasteiger partial charge in [-0.05, 0) is 6.42 Å². The molecule has 0 radical (unpaired) electrons. The van der Waals surface area contributed by atoms with E-state index in [1.165, 1.54) is 0 Å². The van der Waals surface area contributed by atoms with Crippen LogP contribution in [-0.4, -0.2) is 12.3 Å². The molecule has 1 rings (SSSR count). The number of hydrogen-bond acceptors (Lipinski definition) is 2. The standard InChI is InChI=1S/C7H9N3/c1-3-6-7(9-2)5(8)4-10-6/h3-4,8H2,1H3. The van der Waals surface area contributed by atoms with Gasteiger partial charge < -0.3 is 5.73 Å². The molecule has 3 nitrogen and oxygen atoms in total. The zero-order valence-electron chi connectivity index (χ0n) is 5.89. The van der Waals surface area contributed by atoms with E-state index in [0.29, 0.717) is 17.9 Å². The summed E-state index contributed by atoms with van der Waals surface area (Å²) < 4.78 is 0. The van der Waals surface area contributed by atoms with E-state index >= 15 is 0 Å². The number of rotatable bonds is 1. The van der Waals surface area contributed by atoms with Crippen molar-refractivity contribution in [2.24, 2.45) is 10.7 Å². The van der Waals surface area contributed by atoms with Crippen molar-refractivity contribution in [3.05, 3.63) is 22.8 Å². The van der Waals surface area contributed by atoms with Crippen LogP contribution in [0.2, 0.25) is 0 Å². The quantitative estimate of drug-likeness (QED) is 0.534. The second-order valence-corrected chi connectivity index (χ2v) is 2.10. The van der Waals surface area contributed by atoms with Crippen LogP contribution < -0.4 is 5.73 Å². The molecule has 0 fully saturated rings. The molecule has 2 N–H and O–H groups in total. The molecule has 0 aromatic carbocycles. The average Bonchev–Trinajstić information content (AvgIpc) is 2.30. The average molecular weight is 135 g/mol. The molecule has 10 heavy (non-hydrogen) atoms. The molecule has 0 amide bonds. The molecule has 3 heteroatoms. The summed E-state index contributed by atoms with van der Waals surface area (Å²) in [5.41, 5.74) is 7.55. The second-order valence-electron chi connectivity index (χ2n) is 2.10. The smallest absolute Gasteiger partial charge is 0.227 e. The molecule has 0 aromatic heterocycles. The van der Waals surface area contributed by atoms with Crippen LogP contribution in [-0.2, 0) is 0 Å². The third-order valence-electron chi connectivity index (χ3n) is 1.46. The van der Waals surface area contributed by atoms with Crippen molar-refractivity contribution in [2.45, 2.75) is 13.3 Å². The van der Waals surface area contributed by atoms with Gasteiger partial charge in [0.05, 0.1) is 13.1 Å². The van der Waals surface area contributed by atoms with Crippen LogP contribution in [0.25, 0.3) is 4.85 Å². The molecule has 0 saturated heterocycles. The lowest BCUT2D eigenvalue weighted by atomic mass is 10.2. The van der Waals surface area contributed by atoms with Crippen molar-refractivity contribution in [1.82, 2.24) is 0 Å². The number of nitrogens with zero attached hydrogens (tertiary/aromatic N) is 2. The first-order valence-electron chi connectivity index (χ1n) is 3.19. The lowest BCUT2D eigenvalue weighted by molar-refractivity contribution is 1.13. The van der Waals surface area contributed by atoms with Crippen molar-refractivity contribution in [3.8, 4) is 0 Å². The first-order valence-corrected chi connectivity index (χ1v) is 3.19. The van der Waals surface area contributed by atoms with Crippen LogP contribution >= 0.6 is 0 Å². The minimum atomic E-state index is 0.515. The van der Waals surface area contributed by atoms with Gasteiger partial charge in [-0.2, -0.15) is 0 Å². The molecular formula is C7H9N3. The fraction of sp³-hybridized carbons (Fsp3) is 0.429. The van der Waals surface area contributed by atoms with E-state index in [-0.39, 0.29) is 0 Å². The Hall–Kier alpha value is -1.30. The monoisotopic (exact) mass is 135 g/mol. The van der Waals surface area contributed by atoms with E-state index < -0.39 is 0 Å². The Morgan fingerprint density at radius 1 is 1.80 bits per heavy atom. The summed E-state index contributed by atoms with van der Waals surface area (Å²) >= 11 is 0. The van der Waals surface area contributed by atoms with Gasteiger partial charge in [-0.3, -0.25) is 4.99 Å². The molecule has 52 valence electrons. The van der Waals surface area contributed by atoms with Gasteiger partial charge in [0.1, 0.15) is 0 Å². The minimum absolute atomic E-state index is 0.515. The van der Waals surface area contributed by atoms with E-state index in [4.69, 9.17) is 12.3 Å². The maximum Gasteiger partial charge on any atom is 0.227 e. The van der Waals surface area contributed by atoms with E-state index in [9.17, 15) is 0 Å². The highest BCUT2D eigenvalue weighted by Crippen LogP contribution is 2.14. The van der Waals surface area contributed by atoms with Crippen molar-refractivity contribution in [3.63, 3.8) is 0 Å². The Labute approximate surface area is 60.1 Å². The highest BCUT2D eigenvalue weighted by Gasteiger charge is 2.14. The summed E-state index contributed by atoms with van der Waals surface area (Å²) in [6.45, 7) is 9.26. The molecule has 1 aliphatic heterocycles. The Balaban J connectivity index is 2.93. The first kappa shape index (κ1) is 6.81. The van der Waals surface area contributed by atoms with Crippen LogP contribution in [0.4, 0.5) is 0 Å². The van der Waals surface area contributed by atoms with E-state index in [2.05, 4.69) is 9.84 Å². The molecular weight excluding hydrogens is 126 g/mol. The van der Waals surface area contributed by atoms with E-state index in [1.807, 2.05) is 6.92 Å². The maximum absolute atomic E-state index is 6.77. The SMILES string of the molecule is [C-]#[N+]C1=C(N)CN=C1CC. The molecule has 0 unspecified atom stereocenters.